The van der Waals surface area contributed by atoms with Crippen LogP contribution in [0, 0.1) is 0 Å². The molecule has 1 aromatic rings. The Hall–Kier alpha value is -1.82. The molecule has 2 rings (SSSR count). The quantitative estimate of drug-likeness (QED) is 0.796. The van der Waals surface area contributed by atoms with Gasteiger partial charge < -0.3 is 20.6 Å². The fourth-order valence-corrected chi connectivity index (χ4v) is 1.79. The van der Waals surface area contributed by atoms with Gasteiger partial charge in [0.25, 0.3) is 0 Å². The zero-order valence-corrected chi connectivity index (χ0v) is 10.9. The average Bonchev–Trinajstić information content (AvgIpc) is 2.85. The van der Waals surface area contributed by atoms with Gasteiger partial charge in [-0.25, -0.2) is 0 Å². The molecule has 18 heavy (non-hydrogen) atoms. The topological polar surface area (TPSA) is 68.9 Å². The van der Waals surface area contributed by atoms with E-state index in [0.717, 1.165) is 23.4 Å². The lowest BCUT2D eigenvalue weighted by molar-refractivity contribution is 0.0886. The molecule has 0 unspecified atom stereocenters. The first-order valence-corrected chi connectivity index (χ1v) is 6.00. The van der Waals surface area contributed by atoms with Crippen LogP contribution in [-0.2, 0) is 4.84 Å². The third-order valence-corrected chi connectivity index (χ3v) is 2.80. The summed E-state index contributed by atoms with van der Waals surface area (Å²) in [6.45, 7) is 0.568. The van der Waals surface area contributed by atoms with Gasteiger partial charge >= 0.3 is 0 Å². The Balaban J connectivity index is 1.93. The molecule has 1 aliphatic rings. The van der Waals surface area contributed by atoms with Gasteiger partial charge in [-0.15, -0.1) is 0 Å². The van der Waals surface area contributed by atoms with Gasteiger partial charge in [0.2, 0.25) is 0 Å². The first-order chi connectivity index (χ1) is 8.69. The van der Waals surface area contributed by atoms with E-state index in [1.807, 2.05) is 24.3 Å². The highest BCUT2D eigenvalue weighted by atomic mass is 32.1. The van der Waals surface area contributed by atoms with Gasteiger partial charge in [0.05, 0.1) is 19.4 Å². The second-order valence-electron chi connectivity index (χ2n) is 3.94. The number of rotatable bonds is 4. The second-order valence-corrected chi connectivity index (χ2v) is 4.38. The molecule has 1 aliphatic heterocycles. The monoisotopic (exact) mass is 265 g/mol. The van der Waals surface area contributed by atoms with Crippen molar-refractivity contribution in [2.45, 2.75) is 12.5 Å². The van der Waals surface area contributed by atoms with Crippen LogP contribution in [-0.4, -0.2) is 30.6 Å². The van der Waals surface area contributed by atoms with Crippen LogP contribution in [0.2, 0.25) is 0 Å². The number of hydrogen-bond acceptors (Lipinski definition) is 4. The minimum Gasteiger partial charge on any atom is -0.497 e. The summed E-state index contributed by atoms with van der Waals surface area (Å²) in [6.07, 6.45) is 0.714. The van der Waals surface area contributed by atoms with Gasteiger partial charge in [-0.1, -0.05) is 5.16 Å². The van der Waals surface area contributed by atoms with Crippen molar-refractivity contribution in [2.24, 2.45) is 10.9 Å². The molecule has 0 fully saturated rings. The second kappa shape index (κ2) is 5.68. The number of nitrogens with zero attached hydrogens (tertiary/aromatic N) is 1. The van der Waals surface area contributed by atoms with Crippen molar-refractivity contribution in [3.05, 3.63) is 29.8 Å². The van der Waals surface area contributed by atoms with E-state index in [0.29, 0.717) is 6.54 Å². The summed E-state index contributed by atoms with van der Waals surface area (Å²) in [4.78, 5) is 5.31. The van der Waals surface area contributed by atoms with E-state index in [1.54, 1.807) is 7.11 Å². The number of ether oxygens (including phenoxy) is 1. The van der Waals surface area contributed by atoms with Crippen molar-refractivity contribution in [2.75, 3.05) is 13.7 Å². The Morgan fingerprint density at radius 3 is 2.89 bits per heavy atom. The standard InChI is InChI=1S/C12H15N3O2S/c1-16-9-4-2-8(3-5-9)11-6-10(17-15-11)7-14-12(13)18/h2-5,10H,6-7H2,1H3,(H3,13,14,18)/t10-/m0/s1. The lowest BCUT2D eigenvalue weighted by Gasteiger charge is -2.08. The van der Waals surface area contributed by atoms with E-state index in [9.17, 15) is 0 Å². The number of nitrogens with one attached hydrogen (secondary N) is 1. The number of nitrogens with two attached hydrogens (primary N) is 1. The van der Waals surface area contributed by atoms with Crippen LogP contribution < -0.4 is 15.8 Å². The molecular weight excluding hydrogens is 250 g/mol. The molecule has 1 aromatic carbocycles. The highest BCUT2D eigenvalue weighted by Gasteiger charge is 2.21. The molecule has 6 heteroatoms. The molecule has 0 aliphatic carbocycles. The number of thiocarbonyl (C=S) groups is 1. The summed E-state index contributed by atoms with van der Waals surface area (Å²) >= 11 is 4.74. The number of methoxy groups -OCH3 is 1. The van der Waals surface area contributed by atoms with Crippen LogP contribution in [0.25, 0.3) is 0 Å². The van der Waals surface area contributed by atoms with Gasteiger partial charge in [-0.2, -0.15) is 0 Å². The molecular formula is C12H15N3O2S. The maximum Gasteiger partial charge on any atom is 0.163 e. The summed E-state index contributed by atoms with van der Waals surface area (Å²) in [6, 6.07) is 7.73. The third-order valence-electron chi connectivity index (χ3n) is 2.66. The molecule has 0 saturated carbocycles. The molecule has 1 heterocycles. The van der Waals surface area contributed by atoms with Gasteiger partial charge in [0.1, 0.15) is 11.9 Å². The third kappa shape index (κ3) is 3.10. The largest absolute Gasteiger partial charge is 0.497 e. The SMILES string of the molecule is COc1ccc(C2=NO[C@H](CNC(N)=S)C2)cc1. The van der Waals surface area contributed by atoms with Gasteiger partial charge in [0, 0.05) is 6.42 Å². The Morgan fingerprint density at radius 1 is 1.56 bits per heavy atom. The zero-order chi connectivity index (χ0) is 13.0. The molecule has 0 bridgehead atoms. The van der Waals surface area contributed by atoms with E-state index in [2.05, 4.69) is 10.5 Å². The summed E-state index contributed by atoms with van der Waals surface area (Å²) in [5.41, 5.74) is 7.32. The van der Waals surface area contributed by atoms with Crippen molar-refractivity contribution < 1.29 is 9.57 Å². The minimum atomic E-state index is -0.0244. The van der Waals surface area contributed by atoms with Crippen LogP contribution in [0.1, 0.15) is 12.0 Å². The smallest absolute Gasteiger partial charge is 0.163 e. The maximum absolute atomic E-state index is 5.36. The number of oxime groups is 1. The van der Waals surface area contributed by atoms with Crippen LogP contribution in [0.5, 0.6) is 5.75 Å². The van der Waals surface area contributed by atoms with E-state index >= 15 is 0 Å². The van der Waals surface area contributed by atoms with E-state index in [-0.39, 0.29) is 11.2 Å². The first kappa shape index (κ1) is 12.6. The summed E-state index contributed by atoms with van der Waals surface area (Å²) in [5, 5.41) is 7.22. The predicted octanol–water partition coefficient (Wildman–Crippen LogP) is 1.02. The molecule has 3 N–H and O–H groups in total. The molecule has 0 radical (unpaired) electrons. The Labute approximate surface area is 111 Å². The van der Waals surface area contributed by atoms with Crippen molar-refractivity contribution in [1.82, 2.24) is 5.32 Å². The molecule has 0 spiro atoms. The van der Waals surface area contributed by atoms with E-state index < -0.39 is 0 Å². The van der Waals surface area contributed by atoms with E-state index in [4.69, 9.17) is 27.5 Å². The lowest BCUT2D eigenvalue weighted by Crippen LogP contribution is -2.35. The molecule has 1 atom stereocenters. The molecule has 5 nitrogen and oxygen atoms in total. The Kier molecular flexibility index (Phi) is 3.99. The predicted molar refractivity (Wildman–Crippen MR) is 73.8 cm³/mol. The van der Waals surface area contributed by atoms with E-state index in [1.165, 1.54) is 0 Å². The van der Waals surface area contributed by atoms with Crippen LogP contribution in [0.3, 0.4) is 0 Å². The van der Waals surface area contributed by atoms with Crippen LogP contribution in [0.15, 0.2) is 29.4 Å². The lowest BCUT2D eigenvalue weighted by atomic mass is 10.1. The summed E-state index contributed by atoms with van der Waals surface area (Å²) in [5.74, 6) is 0.824. The average molecular weight is 265 g/mol. The van der Waals surface area contributed by atoms with Crippen molar-refractivity contribution in [3.8, 4) is 5.75 Å². The Bertz CT molecular complexity index is 459. The summed E-state index contributed by atoms with van der Waals surface area (Å²) < 4.78 is 5.11. The highest BCUT2D eigenvalue weighted by molar-refractivity contribution is 7.80. The molecule has 0 aromatic heterocycles. The fourth-order valence-electron chi connectivity index (χ4n) is 1.71. The van der Waals surface area contributed by atoms with Crippen LogP contribution >= 0.6 is 12.2 Å². The van der Waals surface area contributed by atoms with Gasteiger partial charge in [-0.05, 0) is 42.0 Å². The molecule has 0 amide bonds. The molecule has 96 valence electrons. The highest BCUT2D eigenvalue weighted by Crippen LogP contribution is 2.18. The normalized spacial score (nSPS) is 17.8. The van der Waals surface area contributed by atoms with Gasteiger partial charge in [0.15, 0.2) is 5.11 Å². The van der Waals surface area contributed by atoms with Crippen molar-refractivity contribution in [3.63, 3.8) is 0 Å². The molecule has 0 saturated heterocycles. The number of benzene rings is 1. The van der Waals surface area contributed by atoms with Gasteiger partial charge in [-0.3, -0.25) is 0 Å². The zero-order valence-electron chi connectivity index (χ0n) is 10.1. The fraction of sp³-hybridized carbons (Fsp3) is 0.333. The number of hydrogen-bond donors (Lipinski definition) is 2. The van der Waals surface area contributed by atoms with Crippen LogP contribution in [0.4, 0.5) is 0 Å². The maximum atomic E-state index is 5.36. The summed E-state index contributed by atoms with van der Waals surface area (Å²) in [7, 11) is 1.64. The Morgan fingerprint density at radius 2 is 2.28 bits per heavy atom. The van der Waals surface area contributed by atoms with Crippen molar-refractivity contribution in [1.29, 1.82) is 0 Å². The van der Waals surface area contributed by atoms with Crippen molar-refractivity contribution >= 4 is 23.0 Å². The first-order valence-electron chi connectivity index (χ1n) is 5.59. The minimum absolute atomic E-state index is 0.0244.